The molecule has 1 atom stereocenters. The van der Waals surface area contributed by atoms with Gasteiger partial charge in [-0.15, -0.1) is 0 Å². The van der Waals surface area contributed by atoms with Gasteiger partial charge >= 0.3 is 5.97 Å². The Morgan fingerprint density at radius 3 is 2.59 bits per heavy atom. The number of aliphatic carboxylic acids is 1. The lowest BCUT2D eigenvalue weighted by Gasteiger charge is -2.41. The predicted molar refractivity (Wildman–Crippen MR) is 59.0 cm³/mol. The molecule has 1 unspecified atom stereocenters. The zero-order valence-corrected chi connectivity index (χ0v) is 10.6. The van der Waals surface area contributed by atoms with Crippen molar-refractivity contribution in [2.75, 3.05) is 25.4 Å². The van der Waals surface area contributed by atoms with Gasteiger partial charge in [0.05, 0.1) is 18.3 Å². The fourth-order valence-corrected chi connectivity index (χ4v) is 3.19. The number of carbonyl (C=O) groups is 1. The van der Waals surface area contributed by atoms with Gasteiger partial charge in [-0.1, -0.05) is 0 Å². The van der Waals surface area contributed by atoms with Crippen molar-refractivity contribution in [3.8, 4) is 0 Å². The van der Waals surface area contributed by atoms with Gasteiger partial charge in [0.25, 0.3) is 0 Å². The Balaban J connectivity index is 2.86. The van der Waals surface area contributed by atoms with Crippen LogP contribution < -0.4 is 0 Å². The molecule has 1 rings (SSSR count). The summed E-state index contributed by atoms with van der Waals surface area (Å²) >= 11 is 0. The van der Waals surface area contributed by atoms with Crippen LogP contribution in [0.2, 0.25) is 0 Å². The lowest BCUT2D eigenvalue weighted by molar-refractivity contribution is -0.135. The maximum absolute atomic E-state index is 11.8. The Kier molecular flexibility index (Phi) is 4.13. The smallest absolute Gasteiger partial charge is 0.320 e. The maximum Gasteiger partial charge on any atom is 0.320 e. The molecule has 17 heavy (non-hydrogen) atoms. The van der Waals surface area contributed by atoms with E-state index >= 15 is 0 Å². The molecule has 2 N–H and O–H groups in total. The molecule has 0 amide bonds. The standard InChI is InChI=1S/C9H17NO6S/c1-9(2)6-10(3-7(4-11)16-9)17(14,15)5-8(12)13/h7,11H,3-6H2,1-2H3,(H,12,13). The number of rotatable bonds is 4. The van der Waals surface area contributed by atoms with Gasteiger partial charge < -0.3 is 14.9 Å². The van der Waals surface area contributed by atoms with Crippen molar-refractivity contribution in [1.29, 1.82) is 0 Å². The number of aliphatic hydroxyl groups excluding tert-OH is 1. The van der Waals surface area contributed by atoms with Crippen LogP contribution in [0.25, 0.3) is 0 Å². The van der Waals surface area contributed by atoms with Gasteiger partial charge in [0.15, 0.2) is 5.75 Å². The lowest BCUT2D eigenvalue weighted by Crippen LogP contribution is -2.56. The predicted octanol–water partition coefficient (Wildman–Crippen LogP) is -1.13. The molecule has 1 heterocycles. The highest BCUT2D eigenvalue weighted by Crippen LogP contribution is 2.23. The number of morpholine rings is 1. The minimum Gasteiger partial charge on any atom is -0.480 e. The minimum atomic E-state index is -3.85. The van der Waals surface area contributed by atoms with E-state index in [0.29, 0.717) is 0 Å². The van der Waals surface area contributed by atoms with Crippen molar-refractivity contribution < 1.29 is 28.2 Å². The zero-order valence-electron chi connectivity index (χ0n) is 9.79. The molecule has 0 aromatic carbocycles. The molecule has 0 saturated carbocycles. The van der Waals surface area contributed by atoms with Crippen molar-refractivity contribution in [2.45, 2.75) is 25.6 Å². The number of carboxylic acid groups (broad SMARTS) is 1. The number of ether oxygens (including phenoxy) is 1. The van der Waals surface area contributed by atoms with E-state index < -0.39 is 33.5 Å². The Hall–Kier alpha value is -0.700. The third-order valence-electron chi connectivity index (χ3n) is 2.35. The highest BCUT2D eigenvalue weighted by Gasteiger charge is 2.39. The Morgan fingerprint density at radius 1 is 1.53 bits per heavy atom. The second-order valence-corrected chi connectivity index (χ2v) is 6.59. The van der Waals surface area contributed by atoms with Gasteiger partial charge in [0.1, 0.15) is 0 Å². The van der Waals surface area contributed by atoms with Crippen LogP contribution in [0.4, 0.5) is 0 Å². The van der Waals surface area contributed by atoms with E-state index in [0.717, 1.165) is 4.31 Å². The zero-order chi connectivity index (χ0) is 13.3. The van der Waals surface area contributed by atoms with E-state index in [1.54, 1.807) is 13.8 Å². The first-order valence-electron chi connectivity index (χ1n) is 5.14. The first kappa shape index (κ1) is 14.4. The summed E-state index contributed by atoms with van der Waals surface area (Å²) < 4.78 is 30.0. The van der Waals surface area contributed by atoms with E-state index in [2.05, 4.69) is 0 Å². The fraction of sp³-hybridized carbons (Fsp3) is 0.889. The number of nitrogens with zero attached hydrogens (tertiary/aromatic N) is 1. The van der Waals surface area contributed by atoms with Crippen molar-refractivity contribution in [1.82, 2.24) is 4.31 Å². The van der Waals surface area contributed by atoms with Gasteiger partial charge in [-0.2, -0.15) is 4.31 Å². The van der Waals surface area contributed by atoms with Gasteiger partial charge in [0, 0.05) is 13.1 Å². The van der Waals surface area contributed by atoms with Crippen molar-refractivity contribution in [3.05, 3.63) is 0 Å². The second-order valence-electron chi connectivity index (χ2n) is 4.62. The third kappa shape index (κ3) is 3.91. The van der Waals surface area contributed by atoms with Gasteiger partial charge in [-0.25, -0.2) is 8.42 Å². The van der Waals surface area contributed by atoms with Gasteiger partial charge in [-0.05, 0) is 13.8 Å². The molecule has 0 bridgehead atoms. The molecule has 1 saturated heterocycles. The summed E-state index contributed by atoms with van der Waals surface area (Å²) in [7, 11) is -3.85. The van der Waals surface area contributed by atoms with Crippen LogP contribution in [0.3, 0.4) is 0 Å². The molecule has 0 spiro atoms. The Bertz CT molecular complexity index is 390. The summed E-state index contributed by atoms with van der Waals surface area (Å²) in [6.45, 7) is 3.15. The topological polar surface area (TPSA) is 104 Å². The fourth-order valence-electron chi connectivity index (χ4n) is 1.80. The lowest BCUT2D eigenvalue weighted by atomic mass is 10.1. The Labute approximate surface area is 100 Å². The molecule has 8 heteroatoms. The quantitative estimate of drug-likeness (QED) is 0.668. The van der Waals surface area contributed by atoms with Crippen LogP contribution in [-0.4, -0.2) is 66.1 Å². The number of hydrogen-bond donors (Lipinski definition) is 2. The number of carboxylic acids is 1. The minimum absolute atomic E-state index is 0.0183. The maximum atomic E-state index is 11.8. The molecular weight excluding hydrogens is 250 g/mol. The average Bonchev–Trinajstić information content (AvgIpc) is 2.13. The second kappa shape index (κ2) is 4.89. The molecule has 1 aliphatic rings. The van der Waals surface area contributed by atoms with E-state index in [1.165, 1.54) is 0 Å². The van der Waals surface area contributed by atoms with Crippen LogP contribution in [0.5, 0.6) is 0 Å². The van der Waals surface area contributed by atoms with E-state index in [-0.39, 0.29) is 19.7 Å². The van der Waals surface area contributed by atoms with E-state index in [1.807, 2.05) is 0 Å². The third-order valence-corrected chi connectivity index (χ3v) is 4.03. The number of aliphatic hydroxyl groups is 1. The average molecular weight is 267 g/mol. The molecule has 1 fully saturated rings. The number of hydrogen-bond acceptors (Lipinski definition) is 5. The summed E-state index contributed by atoms with van der Waals surface area (Å²) in [6.07, 6.45) is -0.623. The normalized spacial score (nSPS) is 25.7. The van der Waals surface area contributed by atoms with Crippen LogP contribution in [0, 0.1) is 0 Å². The summed E-state index contributed by atoms with van der Waals surface area (Å²) in [5.41, 5.74) is -0.739. The molecule has 7 nitrogen and oxygen atoms in total. The first-order chi connectivity index (χ1) is 7.66. The summed E-state index contributed by atoms with van der Waals surface area (Å²) in [5.74, 6) is -2.34. The number of sulfonamides is 1. The first-order valence-corrected chi connectivity index (χ1v) is 6.75. The molecule has 1 aliphatic heterocycles. The van der Waals surface area contributed by atoms with Crippen molar-refractivity contribution in [3.63, 3.8) is 0 Å². The van der Waals surface area contributed by atoms with Crippen LogP contribution in [-0.2, 0) is 19.6 Å². The van der Waals surface area contributed by atoms with Crippen LogP contribution in [0.15, 0.2) is 0 Å². The van der Waals surface area contributed by atoms with Crippen molar-refractivity contribution >= 4 is 16.0 Å². The summed E-state index contributed by atoms with van der Waals surface area (Å²) in [6, 6.07) is 0. The monoisotopic (exact) mass is 267 g/mol. The molecule has 0 aromatic heterocycles. The van der Waals surface area contributed by atoms with E-state index in [4.69, 9.17) is 14.9 Å². The highest BCUT2D eigenvalue weighted by atomic mass is 32.2. The largest absolute Gasteiger partial charge is 0.480 e. The SMILES string of the molecule is CC1(C)CN(S(=O)(=O)CC(=O)O)CC(CO)O1. The van der Waals surface area contributed by atoms with Crippen molar-refractivity contribution in [2.24, 2.45) is 0 Å². The van der Waals surface area contributed by atoms with Crippen LogP contribution >= 0.6 is 0 Å². The van der Waals surface area contributed by atoms with Gasteiger partial charge in [0.2, 0.25) is 10.0 Å². The van der Waals surface area contributed by atoms with Gasteiger partial charge in [-0.3, -0.25) is 4.79 Å². The highest BCUT2D eigenvalue weighted by molar-refractivity contribution is 7.89. The molecule has 0 radical (unpaired) electrons. The molecular formula is C9H17NO6S. The molecule has 0 aromatic rings. The Morgan fingerprint density at radius 2 is 2.12 bits per heavy atom. The molecule has 0 aliphatic carbocycles. The summed E-state index contributed by atoms with van der Waals surface area (Å²) in [5, 5.41) is 17.6. The van der Waals surface area contributed by atoms with Crippen LogP contribution in [0.1, 0.15) is 13.8 Å². The molecule has 100 valence electrons. The van der Waals surface area contributed by atoms with E-state index in [9.17, 15) is 13.2 Å². The summed E-state index contributed by atoms with van der Waals surface area (Å²) in [4.78, 5) is 10.5.